The fourth-order valence-corrected chi connectivity index (χ4v) is 4.82. The van der Waals surface area contributed by atoms with Crippen LogP contribution in [0, 0.1) is 5.41 Å². The first-order valence-electron chi connectivity index (χ1n) is 11.6. The summed E-state index contributed by atoms with van der Waals surface area (Å²) < 4.78 is 12.3. The van der Waals surface area contributed by atoms with E-state index in [0.717, 1.165) is 12.2 Å². The average molecular weight is 427 g/mol. The number of ether oxygens (including phenoxy) is 2. The average Bonchev–Trinajstić information content (AvgIpc) is 2.77. The van der Waals surface area contributed by atoms with Crippen molar-refractivity contribution in [2.24, 2.45) is 5.41 Å². The molecule has 2 atom stereocenters. The molecule has 0 N–H and O–H groups in total. The Morgan fingerprint density at radius 1 is 0.781 bits per heavy atom. The Kier molecular flexibility index (Phi) is 6.53. The van der Waals surface area contributed by atoms with Crippen LogP contribution in [0.25, 0.3) is 21.5 Å². The zero-order valence-electron chi connectivity index (χ0n) is 19.9. The number of hydrogen-bond acceptors (Lipinski definition) is 2. The van der Waals surface area contributed by atoms with Crippen LogP contribution in [0.3, 0.4) is 0 Å². The lowest BCUT2D eigenvalue weighted by Gasteiger charge is -2.30. The van der Waals surface area contributed by atoms with Gasteiger partial charge in [-0.25, -0.2) is 0 Å². The molecule has 4 aromatic rings. The van der Waals surface area contributed by atoms with Crippen LogP contribution in [0.4, 0.5) is 0 Å². The highest BCUT2D eigenvalue weighted by Gasteiger charge is 2.24. The summed E-state index contributed by atoms with van der Waals surface area (Å²) in [5.74, 6) is 1.37. The van der Waals surface area contributed by atoms with E-state index in [-0.39, 0.29) is 11.7 Å². The minimum Gasteiger partial charge on any atom is -0.465 e. The second-order valence-electron chi connectivity index (χ2n) is 9.69. The van der Waals surface area contributed by atoms with Gasteiger partial charge < -0.3 is 9.47 Å². The smallest absolute Gasteiger partial charge is 0.197 e. The summed E-state index contributed by atoms with van der Waals surface area (Å²) in [7, 11) is 0. The molecule has 0 bridgehead atoms. The van der Waals surface area contributed by atoms with Gasteiger partial charge in [0.15, 0.2) is 6.29 Å². The summed E-state index contributed by atoms with van der Waals surface area (Å²) in [6.45, 7) is 11.6. The van der Waals surface area contributed by atoms with E-state index in [4.69, 9.17) is 9.47 Å². The molecule has 0 heterocycles. The third kappa shape index (κ3) is 4.81. The van der Waals surface area contributed by atoms with Crippen molar-refractivity contribution < 1.29 is 9.47 Å². The largest absolute Gasteiger partial charge is 0.465 e. The molecule has 0 fully saturated rings. The summed E-state index contributed by atoms with van der Waals surface area (Å²) >= 11 is 0. The Labute approximate surface area is 192 Å². The maximum Gasteiger partial charge on any atom is 0.197 e. The third-order valence-corrected chi connectivity index (χ3v) is 6.38. The topological polar surface area (TPSA) is 18.5 Å². The normalized spacial score (nSPS) is 13.9. The summed E-state index contributed by atoms with van der Waals surface area (Å²) in [5.41, 5.74) is 2.82. The maximum atomic E-state index is 6.18. The van der Waals surface area contributed by atoms with Crippen LogP contribution in [-0.4, -0.2) is 6.29 Å². The molecule has 0 saturated heterocycles. The zero-order chi connectivity index (χ0) is 22.7. The van der Waals surface area contributed by atoms with Gasteiger partial charge in [0.25, 0.3) is 0 Å². The van der Waals surface area contributed by atoms with Crippen LogP contribution in [0.2, 0.25) is 0 Å². The van der Waals surface area contributed by atoms with Gasteiger partial charge in [0.05, 0.1) is 6.61 Å². The standard InChI is InChI=1S/C30H34O2/c1-6-29(30(3,4)5)22-15-17-25(18-16-22)32-21(2)31-20-28-26-13-9-7-11-23(26)19-24-12-8-10-14-27(24)28/h7-19,21,29H,6,20H2,1-5H3. The molecule has 0 saturated carbocycles. The molecule has 0 radical (unpaired) electrons. The molecule has 0 spiro atoms. The highest BCUT2D eigenvalue weighted by Crippen LogP contribution is 2.38. The van der Waals surface area contributed by atoms with Crippen LogP contribution in [0.5, 0.6) is 5.75 Å². The highest BCUT2D eigenvalue weighted by atomic mass is 16.7. The Hall–Kier alpha value is -2.84. The number of rotatable bonds is 7. The number of hydrogen-bond donors (Lipinski definition) is 0. The van der Waals surface area contributed by atoms with E-state index in [0.29, 0.717) is 12.5 Å². The monoisotopic (exact) mass is 426 g/mol. The fourth-order valence-electron chi connectivity index (χ4n) is 4.82. The van der Waals surface area contributed by atoms with Gasteiger partial charge in [-0.05, 0) is 75.5 Å². The molecule has 166 valence electrons. The molecule has 0 amide bonds. The Morgan fingerprint density at radius 3 is 1.88 bits per heavy atom. The van der Waals surface area contributed by atoms with Gasteiger partial charge in [-0.2, -0.15) is 0 Å². The van der Waals surface area contributed by atoms with E-state index in [2.05, 4.69) is 107 Å². The minimum absolute atomic E-state index is 0.245. The van der Waals surface area contributed by atoms with Crippen molar-refractivity contribution in [3.63, 3.8) is 0 Å². The molecule has 2 heteroatoms. The van der Waals surface area contributed by atoms with Gasteiger partial charge in [0.1, 0.15) is 5.75 Å². The Balaban J connectivity index is 1.49. The molecule has 0 aliphatic rings. The molecule has 32 heavy (non-hydrogen) atoms. The lowest BCUT2D eigenvalue weighted by Crippen LogP contribution is -2.18. The number of fused-ring (bicyclic) bond motifs is 2. The van der Waals surface area contributed by atoms with E-state index < -0.39 is 0 Å². The van der Waals surface area contributed by atoms with E-state index in [1.165, 1.54) is 32.7 Å². The lowest BCUT2D eigenvalue weighted by atomic mass is 9.75. The van der Waals surface area contributed by atoms with Crippen molar-refractivity contribution >= 4 is 21.5 Å². The number of benzene rings is 4. The molecule has 0 aromatic heterocycles. The van der Waals surface area contributed by atoms with Crippen molar-refractivity contribution in [2.75, 3.05) is 0 Å². The van der Waals surface area contributed by atoms with Crippen LogP contribution in [0.15, 0.2) is 78.9 Å². The molecule has 0 aliphatic carbocycles. The second kappa shape index (κ2) is 9.34. The summed E-state index contributed by atoms with van der Waals surface area (Å²) in [4.78, 5) is 0. The first-order valence-corrected chi connectivity index (χ1v) is 11.6. The maximum absolute atomic E-state index is 6.18. The van der Waals surface area contributed by atoms with Gasteiger partial charge in [0, 0.05) is 0 Å². The van der Waals surface area contributed by atoms with Gasteiger partial charge in [-0.3, -0.25) is 0 Å². The quantitative estimate of drug-likeness (QED) is 0.218. The lowest BCUT2D eigenvalue weighted by molar-refractivity contribution is -0.0752. The predicted octanol–water partition coefficient (Wildman–Crippen LogP) is 8.47. The first kappa shape index (κ1) is 22.4. The molecule has 4 rings (SSSR count). The highest BCUT2D eigenvalue weighted by molar-refractivity contribution is 6.02. The molecule has 2 unspecified atom stereocenters. The molecule has 0 aliphatic heterocycles. The van der Waals surface area contributed by atoms with E-state index in [1.54, 1.807) is 0 Å². The first-order chi connectivity index (χ1) is 15.4. The van der Waals surface area contributed by atoms with Crippen molar-refractivity contribution in [3.8, 4) is 5.75 Å². The van der Waals surface area contributed by atoms with Crippen molar-refractivity contribution in [1.29, 1.82) is 0 Å². The van der Waals surface area contributed by atoms with Crippen molar-refractivity contribution in [2.45, 2.75) is 59.9 Å². The molecular formula is C30H34O2. The van der Waals surface area contributed by atoms with Crippen LogP contribution in [-0.2, 0) is 11.3 Å². The van der Waals surface area contributed by atoms with Crippen molar-refractivity contribution in [1.82, 2.24) is 0 Å². The molecule has 2 nitrogen and oxygen atoms in total. The minimum atomic E-state index is -0.344. The Bertz CT molecular complexity index is 1130. The van der Waals surface area contributed by atoms with E-state index >= 15 is 0 Å². The van der Waals surface area contributed by atoms with Crippen LogP contribution >= 0.6 is 0 Å². The SMILES string of the molecule is CCC(c1ccc(OC(C)OCc2c3ccccc3cc3ccccc23)cc1)C(C)(C)C. The van der Waals surface area contributed by atoms with E-state index in [1.807, 2.05) is 6.92 Å². The fraction of sp³-hybridized carbons (Fsp3) is 0.333. The predicted molar refractivity (Wildman–Crippen MR) is 135 cm³/mol. The van der Waals surface area contributed by atoms with Gasteiger partial charge in [-0.15, -0.1) is 0 Å². The van der Waals surface area contributed by atoms with Crippen molar-refractivity contribution in [3.05, 3.63) is 90.0 Å². The van der Waals surface area contributed by atoms with Crippen LogP contribution < -0.4 is 4.74 Å². The Morgan fingerprint density at radius 2 is 1.34 bits per heavy atom. The summed E-state index contributed by atoms with van der Waals surface area (Å²) in [5, 5.41) is 4.93. The van der Waals surface area contributed by atoms with Gasteiger partial charge in [0.2, 0.25) is 0 Å². The van der Waals surface area contributed by atoms with E-state index in [9.17, 15) is 0 Å². The van der Waals surface area contributed by atoms with Gasteiger partial charge in [-0.1, -0.05) is 88.4 Å². The van der Waals surface area contributed by atoms with Gasteiger partial charge >= 0.3 is 0 Å². The molecule has 4 aromatic carbocycles. The van der Waals surface area contributed by atoms with Crippen LogP contribution in [0.1, 0.15) is 58.1 Å². The third-order valence-electron chi connectivity index (χ3n) is 6.38. The summed E-state index contributed by atoms with van der Waals surface area (Å²) in [6, 6.07) is 27.8. The zero-order valence-corrected chi connectivity index (χ0v) is 19.9. The molecular weight excluding hydrogens is 392 g/mol. The second-order valence-corrected chi connectivity index (χ2v) is 9.69. The summed E-state index contributed by atoms with van der Waals surface area (Å²) in [6.07, 6.45) is 0.783.